The monoisotopic (exact) mass is 291 g/mol. The molecule has 0 fully saturated rings. The highest BCUT2D eigenvalue weighted by molar-refractivity contribution is 6.32. The number of phenolic OH excluding ortho intramolecular Hbond substituents is 1. The minimum atomic E-state index is -4.80. The van der Waals surface area contributed by atoms with E-state index < -0.39 is 18.3 Å². The number of alkyl halides is 3. The van der Waals surface area contributed by atoms with Gasteiger partial charge in [0, 0.05) is 0 Å². The molecule has 0 saturated heterocycles. The second-order valence-corrected chi connectivity index (χ2v) is 3.63. The van der Waals surface area contributed by atoms with E-state index in [2.05, 4.69) is 0 Å². The van der Waals surface area contributed by atoms with Crippen molar-refractivity contribution in [1.82, 2.24) is 0 Å². The number of rotatable bonds is 2. The van der Waals surface area contributed by atoms with Gasteiger partial charge in [-0.2, -0.15) is 13.2 Å². The predicted octanol–water partition coefficient (Wildman–Crippen LogP) is 2.39. The molecule has 3 nitrogen and oxygen atoms in total. The molecule has 0 aliphatic carbocycles. The van der Waals surface area contributed by atoms with Gasteiger partial charge in [-0.25, -0.2) is 0 Å². The Hall–Kier alpha value is -0.690. The van der Waals surface area contributed by atoms with Crippen molar-refractivity contribution in [3.63, 3.8) is 0 Å². The Balaban J connectivity index is 0.00000256. The molecule has 1 aromatic carbocycles. The van der Waals surface area contributed by atoms with E-state index in [4.69, 9.17) is 27.5 Å². The summed E-state index contributed by atoms with van der Waals surface area (Å²) in [6.45, 7) is 0. The largest absolute Gasteiger partial charge is 0.506 e. The topological polar surface area (TPSA) is 66.5 Å². The minimum absolute atomic E-state index is 0. The Morgan fingerprint density at radius 1 is 1.29 bits per heavy atom. The molecule has 2 atom stereocenters. The van der Waals surface area contributed by atoms with Crippen LogP contribution in [-0.4, -0.2) is 22.5 Å². The molecule has 98 valence electrons. The first-order valence-electron chi connectivity index (χ1n) is 4.22. The van der Waals surface area contributed by atoms with Gasteiger partial charge in [0.25, 0.3) is 0 Å². The van der Waals surface area contributed by atoms with Gasteiger partial charge in [-0.05, 0) is 17.7 Å². The molecule has 4 N–H and O–H groups in total. The third-order valence-corrected chi connectivity index (χ3v) is 2.33. The summed E-state index contributed by atoms with van der Waals surface area (Å²) in [5.74, 6) is -0.265. The molecule has 0 saturated carbocycles. The van der Waals surface area contributed by atoms with Gasteiger partial charge in [-0.1, -0.05) is 17.7 Å². The maximum atomic E-state index is 12.2. The zero-order valence-corrected chi connectivity index (χ0v) is 9.85. The average molecular weight is 292 g/mol. The molecular formula is C9H10Cl2F3NO2. The number of benzene rings is 1. The summed E-state index contributed by atoms with van der Waals surface area (Å²) in [6, 6.07) is 1.72. The standard InChI is InChI=1S/C9H9ClF3NO2.ClH/c10-5-3-4(1-2-6(5)15)7(14)8(16)9(11,12)13;/h1-3,7-8,15-16H,14H2;1H/t7-,8-;/m0./s1. The molecule has 0 aliphatic rings. The third kappa shape index (κ3) is 3.92. The van der Waals surface area contributed by atoms with Crippen molar-refractivity contribution in [2.75, 3.05) is 0 Å². The molecule has 1 rings (SSSR count). The van der Waals surface area contributed by atoms with Gasteiger partial charge in [0.2, 0.25) is 0 Å². The number of aliphatic hydroxyl groups excluding tert-OH is 1. The fourth-order valence-corrected chi connectivity index (χ4v) is 1.31. The number of halogens is 5. The first-order chi connectivity index (χ1) is 7.23. The number of aliphatic hydroxyl groups is 1. The molecule has 0 unspecified atom stereocenters. The number of hydrogen-bond donors (Lipinski definition) is 3. The van der Waals surface area contributed by atoms with E-state index in [9.17, 15) is 13.2 Å². The van der Waals surface area contributed by atoms with Gasteiger partial charge in [0.15, 0.2) is 6.10 Å². The van der Waals surface area contributed by atoms with E-state index in [1.807, 2.05) is 0 Å². The molecule has 0 aromatic heterocycles. The Morgan fingerprint density at radius 3 is 2.24 bits per heavy atom. The quantitative estimate of drug-likeness (QED) is 0.784. The summed E-state index contributed by atoms with van der Waals surface area (Å²) < 4.78 is 36.5. The summed E-state index contributed by atoms with van der Waals surface area (Å²) in [4.78, 5) is 0. The molecule has 0 amide bonds. The number of aromatic hydroxyl groups is 1. The average Bonchev–Trinajstić information content (AvgIpc) is 2.18. The van der Waals surface area contributed by atoms with Crippen LogP contribution in [0.15, 0.2) is 18.2 Å². The van der Waals surface area contributed by atoms with Crippen LogP contribution < -0.4 is 5.73 Å². The second kappa shape index (κ2) is 5.77. The minimum Gasteiger partial charge on any atom is -0.506 e. The first kappa shape index (κ1) is 16.3. The van der Waals surface area contributed by atoms with Crippen molar-refractivity contribution in [2.24, 2.45) is 5.73 Å². The van der Waals surface area contributed by atoms with E-state index >= 15 is 0 Å². The fraction of sp³-hybridized carbons (Fsp3) is 0.333. The molecule has 0 aliphatic heterocycles. The highest BCUT2D eigenvalue weighted by Crippen LogP contribution is 2.31. The molecular weight excluding hydrogens is 282 g/mol. The van der Waals surface area contributed by atoms with Crippen molar-refractivity contribution in [2.45, 2.75) is 18.3 Å². The van der Waals surface area contributed by atoms with Gasteiger partial charge < -0.3 is 15.9 Å². The summed E-state index contributed by atoms with van der Waals surface area (Å²) in [5, 5.41) is 17.9. The molecule has 0 heterocycles. The van der Waals surface area contributed by atoms with Crippen LogP contribution in [0.3, 0.4) is 0 Å². The van der Waals surface area contributed by atoms with Crippen molar-refractivity contribution < 1.29 is 23.4 Å². The smallest absolute Gasteiger partial charge is 0.416 e. The lowest BCUT2D eigenvalue weighted by molar-refractivity contribution is -0.210. The number of phenols is 1. The normalized spacial score (nSPS) is 14.9. The summed E-state index contributed by atoms with van der Waals surface area (Å²) >= 11 is 5.51. The van der Waals surface area contributed by atoms with Crippen LogP contribution in [0, 0.1) is 0 Å². The van der Waals surface area contributed by atoms with Crippen LogP contribution in [0.5, 0.6) is 5.75 Å². The SMILES string of the molecule is Cl.N[C@@H](c1ccc(O)c(Cl)c1)[C@H](O)C(F)(F)F. The molecule has 0 spiro atoms. The van der Waals surface area contributed by atoms with Crippen LogP contribution in [0.4, 0.5) is 13.2 Å². The molecule has 17 heavy (non-hydrogen) atoms. The highest BCUT2D eigenvalue weighted by atomic mass is 35.5. The van der Waals surface area contributed by atoms with Crippen LogP contribution in [0.2, 0.25) is 5.02 Å². The van der Waals surface area contributed by atoms with Crippen molar-refractivity contribution in [3.8, 4) is 5.75 Å². The summed E-state index contributed by atoms with van der Waals surface area (Å²) in [7, 11) is 0. The molecule has 8 heteroatoms. The van der Waals surface area contributed by atoms with Crippen molar-refractivity contribution >= 4 is 24.0 Å². The molecule has 0 bridgehead atoms. The third-order valence-electron chi connectivity index (χ3n) is 2.03. The number of nitrogens with two attached hydrogens (primary N) is 1. The van der Waals surface area contributed by atoms with Gasteiger partial charge in [-0.3, -0.25) is 0 Å². The Morgan fingerprint density at radius 2 is 1.82 bits per heavy atom. The van der Waals surface area contributed by atoms with Gasteiger partial charge in [-0.15, -0.1) is 12.4 Å². The van der Waals surface area contributed by atoms with E-state index in [1.165, 1.54) is 6.07 Å². The fourth-order valence-electron chi connectivity index (χ4n) is 1.12. The Kier molecular flexibility index (Phi) is 5.54. The zero-order chi connectivity index (χ0) is 12.5. The van der Waals surface area contributed by atoms with Gasteiger partial charge in [0.05, 0.1) is 11.1 Å². The van der Waals surface area contributed by atoms with E-state index in [0.717, 1.165) is 12.1 Å². The number of hydrogen-bond acceptors (Lipinski definition) is 3. The molecule has 1 aromatic rings. The molecule has 0 radical (unpaired) electrons. The first-order valence-corrected chi connectivity index (χ1v) is 4.60. The van der Waals surface area contributed by atoms with Gasteiger partial charge in [0.1, 0.15) is 5.75 Å². The summed E-state index contributed by atoms with van der Waals surface area (Å²) in [6.07, 6.45) is -7.47. The van der Waals surface area contributed by atoms with E-state index in [0.29, 0.717) is 0 Å². The van der Waals surface area contributed by atoms with E-state index in [-0.39, 0.29) is 28.7 Å². The lowest BCUT2D eigenvalue weighted by Gasteiger charge is -2.21. The van der Waals surface area contributed by atoms with E-state index in [1.54, 1.807) is 0 Å². The highest BCUT2D eigenvalue weighted by Gasteiger charge is 2.42. The Labute approximate surface area is 106 Å². The van der Waals surface area contributed by atoms with Crippen LogP contribution in [0.25, 0.3) is 0 Å². The van der Waals surface area contributed by atoms with Crippen LogP contribution in [0.1, 0.15) is 11.6 Å². The summed E-state index contributed by atoms with van der Waals surface area (Å²) in [5.41, 5.74) is 5.23. The van der Waals surface area contributed by atoms with Gasteiger partial charge >= 0.3 is 6.18 Å². The lowest BCUT2D eigenvalue weighted by atomic mass is 10.0. The maximum absolute atomic E-state index is 12.2. The van der Waals surface area contributed by atoms with Crippen LogP contribution >= 0.6 is 24.0 Å². The Bertz CT molecular complexity index is 387. The van der Waals surface area contributed by atoms with Crippen LogP contribution in [-0.2, 0) is 0 Å². The second-order valence-electron chi connectivity index (χ2n) is 3.22. The maximum Gasteiger partial charge on any atom is 0.416 e. The predicted molar refractivity (Wildman–Crippen MR) is 59.4 cm³/mol. The zero-order valence-electron chi connectivity index (χ0n) is 8.28. The van der Waals surface area contributed by atoms with Crippen molar-refractivity contribution in [1.29, 1.82) is 0 Å². The van der Waals surface area contributed by atoms with Crippen molar-refractivity contribution in [3.05, 3.63) is 28.8 Å². The lowest BCUT2D eigenvalue weighted by Crippen LogP contribution is -2.38.